The molecule has 0 aliphatic heterocycles. The van der Waals surface area contributed by atoms with Gasteiger partial charge in [-0.3, -0.25) is 0 Å². The van der Waals surface area contributed by atoms with Crippen molar-refractivity contribution in [3.8, 4) is 0 Å². The van der Waals surface area contributed by atoms with E-state index in [1.165, 1.54) is 0 Å². The monoisotopic (exact) mass is 162 g/mol. The smallest absolute Gasteiger partial charge is 0.312 e. The molecule has 0 bridgehead atoms. The average molecular weight is 162 g/mol. The third-order valence-corrected chi connectivity index (χ3v) is 2.35. The number of primary amides is 1. The number of carbonyl (C=O) groups is 1. The van der Waals surface area contributed by atoms with E-state index < -0.39 is 6.03 Å². The van der Waals surface area contributed by atoms with Gasteiger partial charge in [-0.2, -0.15) is 0 Å². The van der Waals surface area contributed by atoms with Gasteiger partial charge in [0, 0.05) is 6.54 Å². The molecular weight excluding hydrogens is 148 g/mol. The first-order chi connectivity index (χ1) is 4.48. The van der Waals surface area contributed by atoms with Crippen LogP contribution in [0.3, 0.4) is 0 Å². The van der Waals surface area contributed by atoms with Crippen LogP contribution in [0.15, 0.2) is 0 Å². The Morgan fingerprint density at radius 3 is 2.60 bits per heavy atom. The molecule has 0 atom stereocenters. The molecule has 0 rings (SSSR count). The van der Waals surface area contributed by atoms with Crippen LogP contribution in [0.1, 0.15) is 13.8 Å². The van der Waals surface area contributed by atoms with Crippen LogP contribution >= 0.6 is 0 Å². The Hall–Kier alpha value is -0.553. The van der Waals surface area contributed by atoms with Gasteiger partial charge in [-0.05, 0) is 13.8 Å². The zero-order chi connectivity index (χ0) is 8.20. The van der Waals surface area contributed by atoms with Crippen LogP contribution in [0, 0.1) is 0 Å². The summed E-state index contributed by atoms with van der Waals surface area (Å²) in [6.45, 7) is 4.26. The molecule has 0 unspecified atom stereocenters. The first kappa shape index (κ1) is 9.45. The fraction of sp³-hybridized carbons (Fsp3) is 0.800. The Balaban J connectivity index is 3.56. The van der Waals surface area contributed by atoms with E-state index in [2.05, 4.69) is 5.32 Å². The normalized spacial score (nSPS) is 11.4. The van der Waals surface area contributed by atoms with E-state index in [9.17, 15) is 4.79 Å². The molecule has 0 fully saturated rings. The van der Waals surface area contributed by atoms with Crippen molar-refractivity contribution in [2.45, 2.75) is 19.4 Å². The average Bonchev–Trinajstić information content (AvgIpc) is 1.85. The summed E-state index contributed by atoms with van der Waals surface area (Å²) in [7, 11) is 0.665. The fourth-order valence-electron chi connectivity index (χ4n) is 0.372. The van der Waals surface area contributed by atoms with Gasteiger partial charge in [0.15, 0.2) is 0 Å². The SMILES string of the molecule is CC(C)(CNC(N)=O)O[SiH3]. The molecule has 3 N–H and O–H groups in total. The lowest BCUT2D eigenvalue weighted by Crippen LogP contribution is -2.42. The number of rotatable bonds is 3. The zero-order valence-electron chi connectivity index (χ0n) is 6.60. The molecule has 5 heteroatoms. The van der Waals surface area contributed by atoms with Crippen LogP contribution in [0.2, 0.25) is 0 Å². The summed E-state index contributed by atoms with van der Waals surface area (Å²) >= 11 is 0. The van der Waals surface area contributed by atoms with Gasteiger partial charge in [-0.1, -0.05) is 0 Å². The molecule has 0 radical (unpaired) electrons. The molecule has 4 nitrogen and oxygen atoms in total. The van der Waals surface area contributed by atoms with Crippen LogP contribution in [-0.2, 0) is 4.43 Å². The summed E-state index contributed by atoms with van der Waals surface area (Å²) in [5.41, 5.74) is 4.58. The first-order valence-electron chi connectivity index (χ1n) is 3.06. The van der Waals surface area contributed by atoms with Crippen molar-refractivity contribution in [1.29, 1.82) is 0 Å². The lowest BCUT2D eigenvalue weighted by Gasteiger charge is -2.23. The number of amides is 2. The maximum Gasteiger partial charge on any atom is 0.312 e. The molecule has 0 aliphatic rings. The standard InChI is InChI=1S/C5H14N2O2Si/c1-5(2,9-10)3-7-4(6)8/h3H2,1-2,10H3,(H3,6,7,8). The summed E-state index contributed by atoms with van der Waals surface area (Å²) in [6, 6.07) is -0.508. The Kier molecular flexibility index (Phi) is 3.38. The summed E-state index contributed by atoms with van der Waals surface area (Å²) in [4.78, 5) is 10.2. The summed E-state index contributed by atoms with van der Waals surface area (Å²) in [5.74, 6) is 0. The maximum absolute atomic E-state index is 10.2. The van der Waals surface area contributed by atoms with Crippen molar-refractivity contribution in [3.63, 3.8) is 0 Å². The highest BCUT2D eigenvalue weighted by molar-refractivity contribution is 5.98. The number of carbonyl (C=O) groups excluding carboxylic acids is 1. The topological polar surface area (TPSA) is 64.3 Å². The van der Waals surface area contributed by atoms with Gasteiger partial charge in [-0.25, -0.2) is 4.79 Å². The third kappa shape index (κ3) is 4.34. The van der Waals surface area contributed by atoms with E-state index in [4.69, 9.17) is 10.2 Å². The molecule has 10 heavy (non-hydrogen) atoms. The zero-order valence-corrected chi connectivity index (χ0v) is 8.60. The van der Waals surface area contributed by atoms with E-state index in [0.29, 0.717) is 17.0 Å². The Labute approximate surface area is 63.7 Å². The van der Waals surface area contributed by atoms with Gasteiger partial charge >= 0.3 is 6.03 Å². The minimum Gasteiger partial charge on any atom is -0.421 e. The van der Waals surface area contributed by atoms with Crippen molar-refractivity contribution in [2.75, 3.05) is 6.54 Å². The van der Waals surface area contributed by atoms with Gasteiger partial charge in [0.1, 0.15) is 10.5 Å². The van der Waals surface area contributed by atoms with Crippen molar-refractivity contribution >= 4 is 16.5 Å². The van der Waals surface area contributed by atoms with Crippen molar-refractivity contribution in [2.24, 2.45) is 5.73 Å². The van der Waals surface area contributed by atoms with Crippen LogP contribution in [0.4, 0.5) is 4.79 Å². The van der Waals surface area contributed by atoms with Crippen LogP contribution in [0.5, 0.6) is 0 Å². The predicted octanol–water partition coefficient (Wildman–Crippen LogP) is -1.27. The minimum atomic E-state index is -0.508. The number of hydrogen-bond donors (Lipinski definition) is 2. The van der Waals surface area contributed by atoms with E-state index >= 15 is 0 Å². The third-order valence-electron chi connectivity index (χ3n) is 1.24. The molecule has 60 valence electrons. The Bertz CT molecular complexity index is 127. The molecular formula is C5H14N2O2Si. The van der Waals surface area contributed by atoms with Gasteiger partial charge in [0.2, 0.25) is 0 Å². The van der Waals surface area contributed by atoms with Crippen LogP contribution in [-0.4, -0.2) is 28.7 Å². The van der Waals surface area contributed by atoms with Gasteiger partial charge in [0.25, 0.3) is 0 Å². The molecule has 0 aliphatic carbocycles. The molecule has 2 amide bonds. The molecule has 0 aromatic carbocycles. The maximum atomic E-state index is 10.2. The number of hydrogen-bond acceptors (Lipinski definition) is 2. The van der Waals surface area contributed by atoms with Crippen LogP contribution < -0.4 is 11.1 Å². The lowest BCUT2D eigenvalue weighted by atomic mass is 10.1. The number of nitrogens with one attached hydrogen (secondary N) is 1. The first-order valence-corrected chi connectivity index (χ1v) is 3.88. The Morgan fingerprint density at radius 1 is 1.80 bits per heavy atom. The summed E-state index contributed by atoms with van der Waals surface area (Å²) < 4.78 is 5.16. The van der Waals surface area contributed by atoms with E-state index in [-0.39, 0.29) is 5.60 Å². The Morgan fingerprint density at radius 2 is 2.30 bits per heavy atom. The van der Waals surface area contributed by atoms with E-state index in [0.717, 1.165) is 0 Å². The molecule has 0 aromatic rings. The van der Waals surface area contributed by atoms with Gasteiger partial charge in [-0.15, -0.1) is 0 Å². The second-order valence-electron chi connectivity index (χ2n) is 2.68. The quantitative estimate of drug-likeness (QED) is 0.508. The van der Waals surface area contributed by atoms with Gasteiger partial charge in [0.05, 0.1) is 5.60 Å². The number of nitrogens with two attached hydrogens (primary N) is 1. The van der Waals surface area contributed by atoms with Crippen molar-refractivity contribution in [3.05, 3.63) is 0 Å². The summed E-state index contributed by atoms with van der Waals surface area (Å²) in [6.07, 6.45) is 0. The second kappa shape index (κ2) is 3.57. The van der Waals surface area contributed by atoms with Crippen molar-refractivity contribution in [1.82, 2.24) is 5.32 Å². The summed E-state index contributed by atoms with van der Waals surface area (Å²) in [5, 5.41) is 2.47. The highest BCUT2D eigenvalue weighted by atomic mass is 28.2. The molecule has 0 spiro atoms. The van der Waals surface area contributed by atoms with Crippen molar-refractivity contribution < 1.29 is 9.22 Å². The molecule has 0 aromatic heterocycles. The molecule has 0 saturated carbocycles. The van der Waals surface area contributed by atoms with Crippen LogP contribution in [0.25, 0.3) is 0 Å². The van der Waals surface area contributed by atoms with E-state index in [1.807, 2.05) is 13.8 Å². The minimum absolute atomic E-state index is 0.277. The number of urea groups is 1. The second-order valence-corrected chi connectivity index (χ2v) is 3.09. The highest BCUT2D eigenvalue weighted by Crippen LogP contribution is 2.03. The largest absolute Gasteiger partial charge is 0.421 e. The lowest BCUT2D eigenvalue weighted by molar-refractivity contribution is 0.124. The predicted molar refractivity (Wildman–Crippen MR) is 42.7 cm³/mol. The highest BCUT2D eigenvalue weighted by Gasteiger charge is 2.15. The molecule has 0 heterocycles. The van der Waals surface area contributed by atoms with Gasteiger partial charge < -0.3 is 15.5 Å². The fourth-order valence-corrected chi connectivity index (χ4v) is 0.516. The molecule has 0 saturated heterocycles. The van der Waals surface area contributed by atoms with E-state index in [1.54, 1.807) is 0 Å².